The molecule has 0 spiro atoms. The van der Waals surface area contributed by atoms with Crippen molar-refractivity contribution in [3.8, 4) is 6.07 Å². The molecule has 1 aliphatic heterocycles. The summed E-state index contributed by atoms with van der Waals surface area (Å²) in [5.74, 6) is 0.785. The van der Waals surface area contributed by atoms with Crippen LogP contribution in [0.3, 0.4) is 0 Å². The highest BCUT2D eigenvalue weighted by molar-refractivity contribution is 5.25. The first-order valence-corrected chi connectivity index (χ1v) is 10.3. The number of nitriles is 1. The number of piperidine rings is 1. The van der Waals surface area contributed by atoms with Crippen molar-refractivity contribution in [2.75, 3.05) is 20.1 Å². The van der Waals surface area contributed by atoms with Crippen LogP contribution in [0.25, 0.3) is 0 Å². The molecule has 1 aromatic rings. The lowest BCUT2D eigenvalue weighted by atomic mass is 9.86. The van der Waals surface area contributed by atoms with Gasteiger partial charge >= 0.3 is 0 Å². The third-order valence-corrected chi connectivity index (χ3v) is 5.54. The number of aryl methyl sites for hydroxylation is 1. The van der Waals surface area contributed by atoms with Gasteiger partial charge in [-0.05, 0) is 74.6 Å². The number of hydrogen-bond donors (Lipinski definition) is 1. The van der Waals surface area contributed by atoms with E-state index in [1.54, 1.807) is 6.20 Å². The van der Waals surface area contributed by atoms with Crippen LogP contribution in [0.4, 0.5) is 0 Å². The van der Waals surface area contributed by atoms with Crippen molar-refractivity contribution in [1.82, 2.24) is 15.2 Å². The molecule has 4 nitrogen and oxygen atoms in total. The fraction of sp³-hybridized carbons (Fsp3) is 0.652. The minimum atomic E-state index is 0.309. The summed E-state index contributed by atoms with van der Waals surface area (Å²) in [6.45, 7) is 13.5. The number of pyridine rings is 1. The molecule has 1 N–H and O–H groups in total. The van der Waals surface area contributed by atoms with E-state index in [2.05, 4.69) is 55.7 Å². The van der Waals surface area contributed by atoms with E-state index < -0.39 is 0 Å². The molecule has 1 unspecified atom stereocenters. The van der Waals surface area contributed by atoms with Gasteiger partial charge in [0, 0.05) is 31.0 Å². The van der Waals surface area contributed by atoms with E-state index in [0.29, 0.717) is 17.2 Å². The van der Waals surface area contributed by atoms with E-state index in [1.165, 1.54) is 30.5 Å². The van der Waals surface area contributed by atoms with E-state index in [4.69, 9.17) is 5.26 Å². The zero-order valence-electron chi connectivity index (χ0n) is 17.6. The van der Waals surface area contributed by atoms with E-state index >= 15 is 0 Å². The Kier molecular flexibility index (Phi) is 7.86. The molecule has 1 aliphatic rings. The van der Waals surface area contributed by atoms with E-state index in [0.717, 1.165) is 38.3 Å². The number of likely N-dealkylation sites (tertiary alicyclic amines) is 1. The molecule has 148 valence electrons. The van der Waals surface area contributed by atoms with Gasteiger partial charge in [0.25, 0.3) is 0 Å². The molecule has 0 radical (unpaired) electrons. The van der Waals surface area contributed by atoms with Gasteiger partial charge in [-0.25, -0.2) is 4.98 Å². The quantitative estimate of drug-likeness (QED) is 0.733. The zero-order chi connectivity index (χ0) is 19.9. The monoisotopic (exact) mass is 368 g/mol. The predicted molar refractivity (Wildman–Crippen MR) is 112 cm³/mol. The second-order valence-corrected chi connectivity index (χ2v) is 9.16. The van der Waals surface area contributed by atoms with Gasteiger partial charge in [0.2, 0.25) is 0 Å². The molecule has 4 heteroatoms. The van der Waals surface area contributed by atoms with Crippen LogP contribution in [0.5, 0.6) is 0 Å². The lowest BCUT2D eigenvalue weighted by molar-refractivity contribution is 0.191. The van der Waals surface area contributed by atoms with Crippen molar-refractivity contribution in [2.24, 2.45) is 11.3 Å². The highest BCUT2D eigenvalue weighted by atomic mass is 15.1. The van der Waals surface area contributed by atoms with Gasteiger partial charge < -0.3 is 10.2 Å². The van der Waals surface area contributed by atoms with Crippen LogP contribution in [0, 0.1) is 22.7 Å². The number of aromatic nitrogens is 1. The summed E-state index contributed by atoms with van der Waals surface area (Å²) in [6.07, 6.45) is 8.65. The van der Waals surface area contributed by atoms with Crippen molar-refractivity contribution in [1.29, 1.82) is 5.26 Å². The maximum atomic E-state index is 8.99. The molecule has 0 aromatic carbocycles. The number of allylic oxidation sites excluding steroid dienone is 1. The molecule has 1 fully saturated rings. The predicted octanol–water partition coefficient (Wildman–Crippen LogP) is 4.53. The first-order valence-electron chi connectivity index (χ1n) is 10.3. The first kappa shape index (κ1) is 21.4. The first-order chi connectivity index (χ1) is 12.8. The van der Waals surface area contributed by atoms with Crippen molar-refractivity contribution < 1.29 is 0 Å². The van der Waals surface area contributed by atoms with Crippen LogP contribution in [0.2, 0.25) is 0 Å². The molecule has 0 aliphatic carbocycles. The second-order valence-electron chi connectivity index (χ2n) is 9.16. The van der Waals surface area contributed by atoms with Crippen LogP contribution in [-0.2, 0) is 6.42 Å². The molecule has 2 heterocycles. The zero-order valence-corrected chi connectivity index (χ0v) is 17.6. The summed E-state index contributed by atoms with van der Waals surface area (Å²) in [5, 5.41) is 12.5. The van der Waals surface area contributed by atoms with Crippen molar-refractivity contribution in [3.05, 3.63) is 41.9 Å². The van der Waals surface area contributed by atoms with E-state index in [-0.39, 0.29) is 0 Å². The minimum absolute atomic E-state index is 0.309. The normalized spacial score (nSPS) is 16.8. The third kappa shape index (κ3) is 7.34. The van der Waals surface area contributed by atoms with E-state index in [9.17, 15) is 0 Å². The van der Waals surface area contributed by atoms with Gasteiger partial charge in [-0.1, -0.05) is 27.4 Å². The Hall–Kier alpha value is -1.86. The smallest absolute Gasteiger partial charge is 0.140 e. The maximum Gasteiger partial charge on any atom is 0.140 e. The van der Waals surface area contributed by atoms with Crippen LogP contribution >= 0.6 is 0 Å². The standard InChI is InChI=1S/C23H36N4/c1-18(16-23(2,3)4)27-12-9-20(10-13-27)14-21(25-5)7-6-19-8-11-26-22(15-19)17-24/h8,11,15,20-21,25H,1,6-7,9-10,12-14,16H2,2-5H3. The maximum absolute atomic E-state index is 8.99. The van der Waals surface area contributed by atoms with Gasteiger partial charge in [-0.15, -0.1) is 0 Å². The molecule has 1 saturated heterocycles. The largest absolute Gasteiger partial charge is 0.375 e. The Balaban J connectivity index is 1.77. The van der Waals surface area contributed by atoms with Crippen LogP contribution in [0.15, 0.2) is 30.6 Å². The van der Waals surface area contributed by atoms with Crippen molar-refractivity contribution in [2.45, 2.75) is 65.3 Å². The lowest BCUT2D eigenvalue weighted by Crippen LogP contribution is -2.37. The summed E-state index contributed by atoms with van der Waals surface area (Å²) in [7, 11) is 2.07. The van der Waals surface area contributed by atoms with Gasteiger partial charge in [0.1, 0.15) is 11.8 Å². The van der Waals surface area contributed by atoms with Crippen LogP contribution in [-0.4, -0.2) is 36.1 Å². The number of nitrogens with one attached hydrogen (secondary N) is 1. The van der Waals surface area contributed by atoms with Gasteiger partial charge in [0.15, 0.2) is 0 Å². The summed E-state index contributed by atoms with van der Waals surface area (Å²) >= 11 is 0. The fourth-order valence-corrected chi connectivity index (χ4v) is 4.02. The third-order valence-electron chi connectivity index (χ3n) is 5.54. The second kappa shape index (κ2) is 9.90. The Bertz CT molecular complexity index is 645. The lowest BCUT2D eigenvalue weighted by Gasteiger charge is -2.37. The fourth-order valence-electron chi connectivity index (χ4n) is 4.02. The molecular formula is C23H36N4. The Morgan fingerprint density at radius 2 is 2.11 bits per heavy atom. The molecule has 0 bridgehead atoms. The van der Waals surface area contributed by atoms with E-state index in [1.807, 2.05) is 12.1 Å². The van der Waals surface area contributed by atoms with Gasteiger partial charge in [-0.3, -0.25) is 0 Å². The molecule has 1 aromatic heterocycles. The average molecular weight is 369 g/mol. The van der Waals surface area contributed by atoms with Gasteiger partial charge in [0.05, 0.1) is 0 Å². The topological polar surface area (TPSA) is 52.0 Å². The summed E-state index contributed by atoms with van der Waals surface area (Å²) in [4.78, 5) is 6.55. The van der Waals surface area contributed by atoms with Crippen LogP contribution < -0.4 is 5.32 Å². The number of nitrogens with zero attached hydrogens (tertiary/aromatic N) is 3. The number of rotatable bonds is 8. The van der Waals surface area contributed by atoms with Gasteiger partial charge in [-0.2, -0.15) is 5.26 Å². The average Bonchev–Trinajstić information content (AvgIpc) is 2.64. The van der Waals surface area contributed by atoms with Crippen molar-refractivity contribution in [3.63, 3.8) is 0 Å². The summed E-state index contributed by atoms with van der Waals surface area (Å²) < 4.78 is 0. The van der Waals surface area contributed by atoms with Crippen LogP contribution in [0.1, 0.15) is 64.1 Å². The number of hydrogen-bond acceptors (Lipinski definition) is 4. The summed E-state index contributed by atoms with van der Waals surface area (Å²) in [5.41, 5.74) is 3.33. The van der Waals surface area contributed by atoms with Crippen molar-refractivity contribution >= 4 is 0 Å². The molecule has 2 rings (SSSR count). The molecule has 27 heavy (non-hydrogen) atoms. The molecule has 1 atom stereocenters. The Morgan fingerprint density at radius 3 is 2.70 bits per heavy atom. The minimum Gasteiger partial charge on any atom is -0.375 e. The summed E-state index contributed by atoms with van der Waals surface area (Å²) in [6, 6.07) is 6.58. The Labute approximate surface area is 165 Å². The molecule has 0 amide bonds. The highest BCUT2D eigenvalue weighted by Crippen LogP contribution is 2.30. The molecule has 0 saturated carbocycles. The Morgan fingerprint density at radius 1 is 1.41 bits per heavy atom. The SMILES string of the molecule is C=C(CC(C)(C)C)N1CCC(CC(CCc2ccnc(C#N)c2)NC)CC1. The highest BCUT2D eigenvalue weighted by Gasteiger charge is 2.24. The molecular weight excluding hydrogens is 332 g/mol.